The van der Waals surface area contributed by atoms with Gasteiger partial charge in [-0.2, -0.15) is 0 Å². The van der Waals surface area contributed by atoms with Crippen LogP contribution in [0, 0.1) is 5.92 Å². The molecule has 0 radical (unpaired) electrons. The standard InChI is InChI=1S/C26H27N3O2/c30-25(27-23-10-5-8-19-6-1-3-9-22(19)23)18-28-15-12-21(13-16-28)26(31)29-17-14-20-7-2-4-11-24(20)29/h1-11,21H,12-18H2,(H,27,30). The summed E-state index contributed by atoms with van der Waals surface area (Å²) in [5.74, 6) is 0.281. The fourth-order valence-corrected chi connectivity index (χ4v) is 4.85. The van der Waals surface area contributed by atoms with Gasteiger partial charge in [0.25, 0.3) is 0 Å². The lowest BCUT2D eigenvalue weighted by Gasteiger charge is -2.33. The molecule has 0 bridgehead atoms. The van der Waals surface area contributed by atoms with Crippen LogP contribution in [-0.4, -0.2) is 42.9 Å². The van der Waals surface area contributed by atoms with Crippen LogP contribution in [0.15, 0.2) is 66.7 Å². The fourth-order valence-electron chi connectivity index (χ4n) is 4.85. The van der Waals surface area contributed by atoms with Crippen molar-refractivity contribution in [2.75, 3.05) is 36.4 Å². The molecule has 2 aliphatic rings. The topological polar surface area (TPSA) is 52.7 Å². The molecule has 2 amide bonds. The first-order chi connectivity index (χ1) is 15.2. The minimum Gasteiger partial charge on any atom is -0.324 e. The Balaban J connectivity index is 1.16. The second-order valence-electron chi connectivity index (χ2n) is 8.49. The van der Waals surface area contributed by atoms with E-state index in [1.165, 1.54) is 5.56 Å². The van der Waals surface area contributed by atoms with Crippen LogP contribution in [0.1, 0.15) is 18.4 Å². The van der Waals surface area contributed by atoms with Crippen LogP contribution in [0.5, 0.6) is 0 Å². The van der Waals surface area contributed by atoms with Crippen LogP contribution in [0.4, 0.5) is 11.4 Å². The highest BCUT2D eigenvalue weighted by Crippen LogP contribution is 2.31. The molecular weight excluding hydrogens is 386 g/mol. The second kappa shape index (κ2) is 8.52. The van der Waals surface area contributed by atoms with E-state index in [0.29, 0.717) is 6.54 Å². The molecule has 2 heterocycles. The van der Waals surface area contributed by atoms with E-state index in [1.54, 1.807) is 0 Å². The predicted octanol–water partition coefficient (Wildman–Crippen LogP) is 4.08. The molecule has 2 aliphatic heterocycles. The highest BCUT2D eigenvalue weighted by molar-refractivity contribution is 6.02. The molecular formula is C26H27N3O2. The number of carbonyl (C=O) groups excluding carboxylic acids is 2. The number of amides is 2. The van der Waals surface area contributed by atoms with Crippen molar-refractivity contribution in [3.05, 3.63) is 72.3 Å². The average Bonchev–Trinajstić information content (AvgIpc) is 3.23. The summed E-state index contributed by atoms with van der Waals surface area (Å²) in [7, 11) is 0. The summed E-state index contributed by atoms with van der Waals surface area (Å²) in [6, 6.07) is 22.2. The number of piperidine rings is 1. The summed E-state index contributed by atoms with van der Waals surface area (Å²) in [6.45, 7) is 2.69. The van der Waals surface area contributed by atoms with Gasteiger partial charge in [-0.05, 0) is 55.4 Å². The Morgan fingerprint density at radius 1 is 0.871 bits per heavy atom. The van der Waals surface area contributed by atoms with Gasteiger partial charge < -0.3 is 10.2 Å². The molecule has 5 heteroatoms. The van der Waals surface area contributed by atoms with E-state index in [0.717, 1.165) is 61.0 Å². The minimum atomic E-state index is -0.00500. The predicted molar refractivity (Wildman–Crippen MR) is 124 cm³/mol. The molecule has 0 aliphatic carbocycles. The van der Waals surface area contributed by atoms with Crippen molar-refractivity contribution < 1.29 is 9.59 Å². The quantitative estimate of drug-likeness (QED) is 0.701. The van der Waals surface area contributed by atoms with Gasteiger partial charge in [0.1, 0.15) is 0 Å². The number of anilines is 2. The number of rotatable bonds is 4. The van der Waals surface area contributed by atoms with Gasteiger partial charge >= 0.3 is 0 Å². The number of nitrogens with zero attached hydrogens (tertiary/aromatic N) is 2. The second-order valence-corrected chi connectivity index (χ2v) is 8.49. The number of benzene rings is 3. The summed E-state index contributed by atoms with van der Waals surface area (Å²) in [6.07, 6.45) is 2.55. The Kier molecular flexibility index (Phi) is 5.43. The number of fused-ring (bicyclic) bond motifs is 2. The lowest BCUT2D eigenvalue weighted by molar-refractivity contribution is -0.123. The largest absolute Gasteiger partial charge is 0.324 e. The van der Waals surface area contributed by atoms with Gasteiger partial charge in [-0.1, -0.05) is 54.6 Å². The molecule has 5 rings (SSSR count). The van der Waals surface area contributed by atoms with Crippen LogP contribution in [0.2, 0.25) is 0 Å². The Morgan fingerprint density at radius 3 is 2.48 bits per heavy atom. The Labute approximate surface area is 182 Å². The van der Waals surface area contributed by atoms with E-state index in [-0.39, 0.29) is 17.7 Å². The summed E-state index contributed by atoms with van der Waals surface area (Å²) < 4.78 is 0. The third kappa shape index (κ3) is 4.06. The molecule has 3 aromatic rings. The van der Waals surface area contributed by atoms with Crippen molar-refractivity contribution in [3.63, 3.8) is 0 Å². The van der Waals surface area contributed by atoms with Gasteiger partial charge in [0, 0.05) is 29.2 Å². The summed E-state index contributed by atoms with van der Waals surface area (Å²) >= 11 is 0. The van der Waals surface area contributed by atoms with E-state index in [9.17, 15) is 9.59 Å². The maximum atomic E-state index is 13.1. The van der Waals surface area contributed by atoms with E-state index >= 15 is 0 Å². The monoisotopic (exact) mass is 413 g/mol. The third-order valence-corrected chi connectivity index (χ3v) is 6.52. The molecule has 0 saturated carbocycles. The zero-order chi connectivity index (χ0) is 21.2. The van der Waals surface area contributed by atoms with Gasteiger partial charge in [-0.3, -0.25) is 14.5 Å². The molecule has 1 fully saturated rings. The van der Waals surface area contributed by atoms with Gasteiger partial charge in [-0.15, -0.1) is 0 Å². The Hall–Kier alpha value is -3.18. The number of hydrogen-bond acceptors (Lipinski definition) is 3. The molecule has 1 saturated heterocycles. The van der Waals surface area contributed by atoms with Crippen molar-refractivity contribution >= 4 is 34.0 Å². The van der Waals surface area contributed by atoms with E-state index in [4.69, 9.17) is 0 Å². The number of para-hydroxylation sites is 1. The highest BCUT2D eigenvalue weighted by atomic mass is 16.2. The lowest BCUT2D eigenvalue weighted by atomic mass is 9.95. The van der Waals surface area contributed by atoms with Gasteiger partial charge in [0.2, 0.25) is 11.8 Å². The van der Waals surface area contributed by atoms with Gasteiger partial charge in [0.05, 0.1) is 6.54 Å². The number of nitrogens with one attached hydrogen (secondary N) is 1. The first-order valence-corrected chi connectivity index (χ1v) is 11.1. The summed E-state index contributed by atoms with van der Waals surface area (Å²) in [5, 5.41) is 5.23. The van der Waals surface area contributed by atoms with Crippen LogP contribution < -0.4 is 10.2 Å². The summed E-state index contributed by atoms with van der Waals surface area (Å²) in [4.78, 5) is 29.9. The number of hydrogen-bond donors (Lipinski definition) is 1. The Morgan fingerprint density at radius 2 is 1.61 bits per heavy atom. The van der Waals surface area contributed by atoms with Crippen LogP contribution in [0.25, 0.3) is 10.8 Å². The van der Waals surface area contributed by atoms with Crippen molar-refractivity contribution in [3.8, 4) is 0 Å². The van der Waals surface area contributed by atoms with Crippen LogP contribution in [0.3, 0.4) is 0 Å². The smallest absolute Gasteiger partial charge is 0.238 e. The van der Waals surface area contributed by atoms with E-state index in [1.807, 2.05) is 65.6 Å². The maximum absolute atomic E-state index is 13.1. The molecule has 1 N–H and O–H groups in total. The maximum Gasteiger partial charge on any atom is 0.238 e. The Bertz CT molecular complexity index is 1110. The molecule has 0 aromatic heterocycles. The van der Waals surface area contributed by atoms with Crippen molar-refractivity contribution in [1.29, 1.82) is 0 Å². The van der Waals surface area contributed by atoms with E-state index < -0.39 is 0 Å². The molecule has 158 valence electrons. The molecule has 0 atom stereocenters. The lowest BCUT2D eigenvalue weighted by Crippen LogP contribution is -2.44. The average molecular weight is 414 g/mol. The van der Waals surface area contributed by atoms with E-state index in [2.05, 4.69) is 16.3 Å². The minimum absolute atomic E-state index is 0.00500. The van der Waals surface area contributed by atoms with Gasteiger partial charge in [-0.25, -0.2) is 0 Å². The van der Waals surface area contributed by atoms with Crippen LogP contribution in [-0.2, 0) is 16.0 Å². The zero-order valence-corrected chi connectivity index (χ0v) is 17.6. The van der Waals surface area contributed by atoms with Crippen molar-refractivity contribution in [1.82, 2.24) is 4.90 Å². The molecule has 5 nitrogen and oxygen atoms in total. The highest BCUT2D eigenvalue weighted by Gasteiger charge is 2.32. The molecule has 0 spiro atoms. The fraction of sp³-hybridized carbons (Fsp3) is 0.308. The van der Waals surface area contributed by atoms with Crippen LogP contribution >= 0.6 is 0 Å². The third-order valence-electron chi connectivity index (χ3n) is 6.52. The first kappa shape index (κ1) is 19.8. The SMILES string of the molecule is O=C(CN1CCC(C(=O)N2CCc3ccccc32)CC1)Nc1cccc2ccccc12. The van der Waals surface area contributed by atoms with Gasteiger partial charge in [0.15, 0.2) is 0 Å². The number of carbonyl (C=O) groups is 2. The van der Waals surface area contributed by atoms with Crippen molar-refractivity contribution in [2.45, 2.75) is 19.3 Å². The zero-order valence-electron chi connectivity index (χ0n) is 17.6. The van der Waals surface area contributed by atoms with Crippen molar-refractivity contribution in [2.24, 2.45) is 5.92 Å². The normalized spacial score (nSPS) is 17.0. The summed E-state index contributed by atoms with van der Waals surface area (Å²) in [5.41, 5.74) is 3.18. The molecule has 0 unspecified atom stereocenters. The number of likely N-dealkylation sites (tertiary alicyclic amines) is 1. The molecule has 31 heavy (non-hydrogen) atoms. The molecule has 3 aromatic carbocycles. The first-order valence-electron chi connectivity index (χ1n) is 11.1.